The average Bonchev–Trinajstić information content (AvgIpc) is 2.72. The number of carboxylic acids is 1. The van der Waals surface area contributed by atoms with Gasteiger partial charge in [-0.05, 0) is 69.7 Å². The smallest absolute Gasteiger partial charge is 0.412 e. The van der Waals surface area contributed by atoms with Crippen molar-refractivity contribution in [2.75, 3.05) is 17.2 Å². The van der Waals surface area contributed by atoms with Gasteiger partial charge in [-0.2, -0.15) is 0 Å². The zero-order valence-electron chi connectivity index (χ0n) is 19.4. The predicted molar refractivity (Wildman–Crippen MR) is 126 cm³/mol. The maximum atomic E-state index is 12.0. The largest absolute Gasteiger partial charge is 0.478 e. The average molecular weight is 458 g/mol. The number of amides is 3. The van der Waals surface area contributed by atoms with Gasteiger partial charge in [-0.15, -0.1) is 0 Å². The Morgan fingerprint density at radius 2 is 1.61 bits per heavy atom. The van der Waals surface area contributed by atoms with Crippen molar-refractivity contribution in [2.24, 2.45) is 0 Å². The number of carbonyl (C=O) groups excluding carboxylic acids is 2. The summed E-state index contributed by atoms with van der Waals surface area (Å²) in [6.45, 7) is 7.93. The van der Waals surface area contributed by atoms with Crippen molar-refractivity contribution >= 4 is 29.5 Å². The molecule has 0 aliphatic heterocycles. The van der Waals surface area contributed by atoms with Crippen LogP contribution < -0.4 is 20.7 Å². The van der Waals surface area contributed by atoms with Crippen LogP contribution in [0.1, 0.15) is 57.3 Å². The minimum Gasteiger partial charge on any atom is -0.478 e. The van der Waals surface area contributed by atoms with Crippen molar-refractivity contribution < 1.29 is 29.0 Å². The summed E-state index contributed by atoms with van der Waals surface area (Å²) in [4.78, 5) is 35.5. The van der Waals surface area contributed by atoms with Crippen molar-refractivity contribution in [3.05, 3.63) is 48.0 Å². The Bertz CT molecular complexity index is 967. The van der Waals surface area contributed by atoms with Crippen LogP contribution in [0.4, 0.5) is 21.0 Å². The third-order valence-electron chi connectivity index (χ3n) is 4.26. The first kappa shape index (κ1) is 25.5. The molecule has 2 rings (SSSR count). The van der Waals surface area contributed by atoms with E-state index in [4.69, 9.17) is 9.47 Å². The van der Waals surface area contributed by atoms with Crippen molar-refractivity contribution in [1.29, 1.82) is 0 Å². The van der Waals surface area contributed by atoms with E-state index >= 15 is 0 Å². The molecule has 0 radical (unpaired) electrons. The van der Waals surface area contributed by atoms with E-state index in [-0.39, 0.29) is 11.3 Å². The van der Waals surface area contributed by atoms with Gasteiger partial charge in [0.05, 0.1) is 0 Å². The molecule has 2 aromatic rings. The first-order valence-electron chi connectivity index (χ1n) is 10.8. The molecule has 33 heavy (non-hydrogen) atoms. The summed E-state index contributed by atoms with van der Waals surface area (Å²) in [6.07, 6.45) is 2.37. The fourth-order valence-corrected chi connectivity index (χ4v) is 2.77. The Morgan fingerprint density at radius 3 is 2.21 bits per heavy atom. The van der Waals surface area contributed by atoms with Gasteiger partial charge in [0, 0.05) is 17.9 Å². The zero-order valence-corrected chi connectivity index (χ0v) is 19.4. The highest BCUT2D eigenvalue weighted by Crippen LogP contribution is 2.29. The fourth-order valence-electron chi connectivity index (χ4n) is 2.77. The number of hydrogen-bond donors (Lipinski definition) is 4. The van der Waals surface area contributed by atoms with E-state index in [2.05, 4.69) is 22.9 Å². The maximum absolute atomic E-state index is 12.0. The number of rotatable bonds is 9. The second-order valence-electron chi connectivity index (χ2n) is 8.36. The number of urea groups is 1. The van der Waals surface area contributed by atoms with Gasteiger partial charge in [-0.25, -0.2) is 14.4 Å². The molecule has 3 amide bonds. The van der Waals surface area contributed by atoms with E-state index in [9.17, 15) is 19.5 Å². The number of carbonyl (C=O) groups is 3. The Hall–Kier alpha value is -3.75. The molecule has 0 spiro atoms. The molecule has 0 unspecified atom stereocenters. The van der Waals surface area contributed by atoms with E-state index in [1.165, 1.54) is 12.1 Å². The van der Waals surface area contributed by atoms with Crippen LogP contribution in [0.25, 0.3) is 0 Å². The lowest BCUT2D eigenvalue weighted by Crippen LogP contribution is -2.29. The molecule has 0 saturated carbocycles. The normalized spacial score (nSPS) is 10.8. The van der Waals surface area contributed by atoms with Crippen LogP contribution in [0.5, 0.6) is 11.5 Å². The standard InChI is InChI=1S/C24H31N3O6/c1-5-6-7-14-25-22(30)26-17-10-13-20(19(15-17)21(28)29)32-18-11-8-16(9-12-18)27-23(31)33-24(2,3)4/h8-13,15H,5-7,14H2,1-4H3,(H,27,31)(H,28,29)(H2,25,26,30). The van der Waals surface area contributed by atoms with Crippen LogP contribution in [0.2, 0.25) is 0 Å². The molecular weight excluding hydrogens is 426 g/mol. The van der Waals surface area contributed by atoms with Crippen molar-refractivity contribution in [3.63, 3.8) is 0 Å². The number of ether oxygens (including phenoxy) is 2. The summed E-state index contributed by atoms with van der Waals surface area (Å²) in [7, 11) is 0. The molecule has 9 nitrogen and oxygen atoms in total. The molecule has 0 aliphatic rings. The Labute approximate surface area is 193 Å². The SMILES string of the molecule is CCCCCNC(=O)Nc1ccc(Oc2ccc(NC(=O)OC(C)(C)C)cc2)c(C(=O)O)c1. The summed E-state index contributed by atoms with van der Waals surface area (Å²) in [5, 5.41) is 17.5. The highest BCUT2D eigenvalue weighted by atomic mass is 16.6. The predicted octanol–water partition coefficient (Wildman–Crippen LogP) is 5.84. The van der Waals surface area contributed by atoms with Gasteiger partial charge in [-0.1, -0.05) is 19.8 Å². The van der Waals surface area contributed by atoms with E-state index in [0.29, 0.717) is 23.7 Å². The van der Waals surface area contributed by atoms with Crippen LogP contribution in [-0.4, -0.2) is 35.3 Å². The number of unbranched alkanes of at least 4 members (excludes halogenated alkanes) is 2. The van der Waals surface area contributed by atoms with E-state index in [1.807, 2.05) is 0 Å². The first-order chi connectivity index (χ1) is 15.6. The Balaban J connectivity index is 2.03. The molecule has 2 aromatic carbocycles. The summed E-state index contributed by atoms with van der Waals surface area (Å²) < 4.78 is 10.9. The molecule has 0 bridgehead atoms. The number of aromatic carboxylic acids is 1. The molecule has 0 aliphatic carbocycles. The third kappa shape index (κ3) is 9.10. The quantitative estimate of drug-likeness (QED) is 0.351. The highest BCUT2D eigenvalue weighted by molar-refractivity contribution is 5.95. The highest BCUT2D eigenvalue weighted by Gasteiger charge is 2.17. The van der Waals surface area contributed by atoms with Gasteiger partial charge in [0.15, 0.2) is 0 Å². The molecule has 4 N–H and O–H groups in total. The Kier molecular flexibility index (Phi) is 9.08. The van der Waals surface area contributed by atoms with E-state index in [1.54, 1.807) is 51.1 Å². The molecule has 0 saturated heterocycles. The second-order valence-corrected chi connectivity index (χ2v) is 8.36. The molecule has 0 atom stereocenters. The fraction of sp³-hybridized carbons (Fsp3) is 0.375. The topological polar surface area (TPSA) is 126 Å². The first-order valence-corrected chi connectivity index (χ1v) is 10.8. The minimum absolute atomic E-state index is 0.102. The summed E-state index contributed by atoms with van der Waals surface area (Å²) in [6, 6.07) is 10.4. The monoisotopic (exact) mass is 457 g/mol. The van der Waals surface area contributed by atoms with Gasteiger partial charge < -0.3 is 25.2 Å². The lowest BCUT2D eigenvalue weighted by molar-refractivity contribution is 0.0633. The van der Waals surface area contributed by atoms with Gasteiger partial charge in [-0.3, -0.25) is 5.32 Å². The van der Waals surface area contributed by atoms with Crippen LogP contribution in [-0.2, 0) is 4.74 Å². The van der Waals surface area contributed by atoms with Gasteiger partial charge in [0.2, 0.25) is 0 Å². The summed E-state index contributed by atoms with van der Waals surface area (Å²) in [5.74, 6) is -0.703. The van der Waals surface area contributed by atoms with Crippen molar-refractivity contribution in [3.8, 4) is 11.5 Å². The van der Waals surface area contributed by atoms with Crippen LogP contribution in [0, 0.1) is 0 Å². The molecule has 9 heteroatoms. The lowest BCUT2D eigenvalue weighted by atomic mass is 10.1. The molecule has 0 fully saturated rings. The number of benzene rings is 2. The van der Waals surface area contributed by atoms with Crippen LogP contribution in [0.3, 0.4) is 0 Å². The van der Waals surface area contributed by atoms with Gasteiger partial charge >= 0.3 is 18.1 Å². The number of carboxylic acid groups (broad SMARTS) is 1. The van der Waals surface area contributed by atoms with Gasteiger partial charge in [0.25, 0.3) is 0 Å². The maximum Gasteiger partial charge on any atom is 0.412 e. The molecule has 0 aromatic heterocycles. The summed E-state index contributed by atoms with van der Waals surface area (Å²) >= 11 is 0. The number of anilines is 2. The lowest BCUT2D eigenvalue weighted by Gasteiger charge is -2.19. The third-order valence-corrected chi connectivity index (χ3v) is 4.26. The van der Waals surface area contributed by atoms with E-state index < -0.39 is 23.7 Å². The molecule has 0 heterocycles. The zero-order chi connectivity index (χ0) is 24.4. The Morgan fingerprint density at radius 1 is 0.939 bits per heavy atom. The van der Waals surface area contributed by atoms with Crippen molar-refractivity contribution in [1.82, 2.24) is 5.32 Å². The van der Waals surface area contributed by atoms with Crippen LogP contribution >= 0.6 is 0 Å². The van der Waals surface area contributed by atoms with Gasteiger partial charge in [0.1, 0.15) is 22.7 Å². The minimum atomic E-state index is -1.19. The van der Waals surface area contributed by atoms with E-state index in [0.717, 1.165) is 19.3 Å². The molecular formula is C24H31N3O6. The summed E-state index contributed by atoms with van der Waals surface area (Å²) in [5.41, 5.74) is 0.121. The second kappa shape index (κ2) is 11.8. The number of nitrogens with one attached hydrogen (secondary N) is 3. The molecule has 178 valence electrons. The van der Waals surface area contributed by atoms with Crippen LogP contribution in [0.15, 0.2) is 42.5 Å². The number of hydrogen-bond acceptors (Lipinski definition) is 5. The van der Waals surface area contributed by atoms with Crippen molar-refractivity contribution in [2.45, 2.75) is 52.6 Å².